The van der Waals surface area contributed by atoms with Gasteiger partial charge in [-0.3, -0.25) is 14.4 Å². The summed E-state index contributed by atoms with van der Waals surface area (Å²) in [5, 5.41) is 10.1. The van der Waals surface area contributed by atoms with Gasteiger partial charge in [0, 0.05) is 11.1 Å². The zero-order chi connectivity index (χ0) is 29.0. The van der Waals surface area contributed by atoms with E-state index in [1.165, 1.54) is 12.6 Å². The number of amides is 3. The molecule has 0 radical (unpaired) electrons. The van der Waals surface area contributed by atoms with E-state index >= 15 is 0 Å². The molecule has 9 nitrogen and oxygen atoms in total. The zero-order valence-electron chi connectivity index (χ0n) is 22.8. The van der Waals surface area contributed by atoms with Crippen molar-refractivity contribution in [1.29, 1.82) is 0 Å². The summed E-state index contributed by atoms with van der Waals surface area (Å²) in [7, 11) is 0. The first-order chi connectivity index (χ1) is 19.9. The minimum atomic E-state index is -0.975. The van der Waals surface area contributed by atoms with Gasteiger partial charge in [0.1, 0.15) is 6.61 Å². The topological polar surface area (TPSA) is 118 Å². The molecule has 0 saturated heterocycles. The molecule has 214 valence electrons. The summed E-state index contributed by atoms with van der Waals surface area (Å²) in [5.41, 5.74) is 4.34. The van der Waals surface area contributed by atoms with Crippen molar-refractivity contribution >= 4 is 41.2 Å². The number of hydrogen-bond acceptors (Lipinski definition) is 6. The lowest BCUT2D eigenvalue weighted by Gasteiger charge is -2.23. The second kappa shape index (κ2) is 14.9. The van der Waals surface area contributed by atoms with E-state index in [0.29, 0.717) is 40.9 Å². The number of carbonyl (C=O) groups excluding carboxylic acids is 3. The largest absolute Gasteiger partial charge is 0.490 e. The highest BCUT2D eigenvalue weighted by molar-refractivity contribution is 6.40. The van der Waals surface area contributed by atoms with Crippen molar-refractivity contribution in [1.82, 2.24) is 10.7 Å². The summed E-state index contributed by atoms with van der Waals surface area (Å²) >= 11 is 5.94. The van der Waals surface area contributed by atoms with E-state index in [-0.39, 0.29) is 17.6 Å². The van der Waals surface area contributed by atoms with Crippen LogP contribution in [-0.4, -0.2) is 36.6 Å². The lowest BCUT2D eigenvalue weighted by molar-refractivity contribution is -0.136. The zero-order valence-corrected chi connectivity index (χ0v) is 23.6. The van der Waals surface area contributed by atoms with Crippen LogP contribution >= 0.6 is 11.6 Å². The third kappa shape index (κ3) is 8.81. The number of benzene rings is 3. The van der Waals surface area contributed by atoms with Crippen molar-refractivity contribution in [3.63, 3.8) is 0 Å². The highest BCUT2D eigenvalue weighted by atomic mass is 35.5. The van der Waals surface area contributed by atoms with Gasteiger partial charge in [0.15, 0.2) is 11.5 Å². The molecular formula is C31H33ClN4O5. The third-order valence-electron chi connectivity index (χ3n) is 6.52. The molecule has 0 bridgehead atoms. The van der Waals surface area contributed by atoms with Crippen LogP contribution < -0.4 is 25.5 Å². The van der Waals surface area contributed by atoms with E-state index in [2.05, 4.69) is 21.2 Å². The van der Waals surface area contributed by atoms with Gasteiger partial charge in [0.05, 0.1) is 24.1 Å². The molecule has 1 aliphatic carbocycles. The van der Waals surface area contributed by atoms with Gasteiger partial charge in [-0.05, 0) is 73.4 Å². The van der Waals surface area contributed by atoms with Crippen molar-refractivity contribution in [2.45, 2.75) is 51.7 Å². The van der Waals surface area contributed by atoms with Crippen LogP contribution in [0.2, 0.25) is 5.02 Å². The molecule has 1 fully saturated rings. The van der Waals surface area contributed by atoms with Gasteiger partial charge < -0.3 is 20.1 Å². The Kier molecular flexibility index (Phi) is 10.7. The molecule has 3 aromatic rings. The summed E-state index contributed by atoms with van der Waals surface area (Å²) in [6, 6.07) is 19.3. The first kappa shape index (κ1) is 29.6. The highest BCUT2D eigenvalue weighted by Gasteiger charge is 2.21. The monoisotopic (exact) mass is 576 g/mol. The molecule has 0 spiro atoms. The van der Waals surface area contributed by atoms with Gasteiger partial charge in [-0.1, -0.05) is 55.1 Å². The minimum absolute atomic E-state index is 0.116. The summed E-state index contributed by atoms with van der Waals surface area (Å²) in [6.07, 6.45) is 6.60. The van der Waals surface area contributed by atoms with Gasteiger partial charge in [-0.2, -0.15) is 5.10 Å². The number of rotatable bonds is 10. The molecule has 0 aromatic heterocycles. The van der Waals surface area contributed by atoms with Crippen LogP contribution in [0.25, 0.3) is 0 Å². The number of para-hydroxylation sites is 1. The van der Waals surface area contributed by atoms with Crippen LogP contribution in [0.3, 0.4) is 0 Å². The van der Waals surface area contributed by atoms with Gasteiger partial charge in [0.25, 0.3) is 5.91 Å². The number of hydrazone groups is 1. The van der Waals surface area contributed by atoms with Gasteiger partial charge in [-0.25, -0.2) is 5.43 Å². The first-order valence-corrected chi connectivity index (χ1v) is 14.0. The maximum Gasteiger partial charge on any atom is 0.329 e. The fourth-order valence-electron chi connectivity index (χ4n) is 4.43. The number of ether oxygens (including phenoxy) is 2. The lowest BCUT2D eigenvalue weighted by atomic mass is 9.95. The molecule has 0 atom stereocenters. The second-order valence-corrected chi connectivity index (χ2v) is 10.00. The van der Waals surface area contributed by atoms with E-state index < -0.39 is 11.8 Å². The third-order valence-corrected chi connectivity index (χ3v) is 6.77. The summed E-state index contributed by atoms with van der Waals surface area (Å²) in [6.45, 7) is 2.62. The summed E-state index contributed by atoms with van der Waals surface area (Å²) in [4.78, 5) is 37.8. The number of nitrogens with one attached hydrogen (secondary N) is 3. The Bertz CT molecular complexity index is 1390. The van der Waals surface area contributed by atoms with E-state index in [1.54, 1.807) is 54.6 Å². The fraction of sp³-hybridized carbons (Fsp3) is 0.290. The standard InChI is InChI=1S/C31H33ClN4O5/c1-2-40-28-18-22(14-17-27(28)41-20-21-12-15-23(32)16-13-21)19-33-36-31(39)30(38)35-26-11-7-6-10-25(26)29(37)34-24-8-4-3-5-9-24/h6-7,10-19,24H,2-5,8-9,20H2,1H3,(H,34,37)(H,35,38)(H,36,39). The molecule has 41 heavy (non-hydrogen) atoms. The number of halogens is 1. The van der Waals surface area contributed by atoms with Crippen LogP contribution in [0.4, 0.5) is 5.69 Å². The number of hydrogen-bond donors (Lipinski definition) is 3. The van der Waals surface area contributed by atoms with Crippen molar-refractivity contribution < 1.29 is 23.9 Å². The Morgan fingerprint density at radius 3 is 2.44 bits per heavy atom. The molecule has 4 rings (SSSR count). The van der Waals surface area contributed by atoms with Crippen LogP contribution in [0.1, 0.15) is 60.5 Å². The molecule has 0 heterocycles. The van der Waals surface area contributed by atoms with Crippen molar-refractivity contribution in [3.05, 3.63) is 88.4 Å². The van der Waals surface area contributed by atoms with E-state index in [4.69, 9.17) is 21.1 Å². The molecule has 3 amide bonds. The van der Waals surface area contributed by atoms with Gasteiger partial charge >= 0.3 is 11.8 Å². The average molecular weight is 577 g/mol. The fourth-order valence-corrected chi connectivity index (χ4v) is 4.56. The van der Waals surface area contributed by atoms with Crippen molar-refractivity contribution in [2.24, 2.45) is 5.10 Å². The number of carbonyl (C=O) groups is 3. The molecule has 1 aliphatic rings. The Labute approximate surface area is 244 Å². The van der Waals surface area contributed by atoms with E-state index in [0.717, 1.165) is 31.2 Å². The number of anilines is 1. The normalized spacial score (nSPS) is 13.4. The predicted molar refractivity (Wildman–Crippen MR) is 159 cm³/mol. The van der Waals surface area contributed by atoms with Crippen molar-refractivity contribution in [3.8, 4) is 11.5 Å². The Morgan fingerprint density at radius 1 is 0.927 bits per heavy atom. The SMILES string of the molecule is CCOc1cc(C=NNC(=O)C(=O)Nc2ccccc2C(=O)NC2CCCCC2)ccc1OCc1ccc(Cl)cc1. The van der Waals surface area contributed by atoms with Gasteiger partial charge in [0.2, 0.25) is 0 Å². The van der Waals surface area contributed by atoms with Crippen LogP contribution in [0, 0.1) is 0 Å². The Balaban J connectivity index is 1.33. The van der Waals surface area contributed by atoms with E-state index in [1.807, 2.05) is 19.1 Å². The average Bonchev–Trinajstić information content (AvgIpc) is 2.98. The molecule has 0 unspecified atom stereocenters. The molecule has 10 heteroatoms. The summed E-state index contributed by atoms with van der Waals surface area (Å²) in [5.74, 6) is -1.14. The molecule has 3 N–H and O–H groups in total. The van der Waals surface area contributed by atoms with Crippen LogP contribution in [-0.2, 0) is 16.2 Å². The minimum Gasteiger partial charge on any atom is -0.490 e. The van der Waals surface area contributed by atoms with Crippen LogP contribution in [0.5, 0.6) is 11.5 Å². The quantitative estimate of drug-likeness (QED) is 0.168. The maximum absolute atomic E-state index is 12.8. The smallest absolute Gasteiger partial charge is 0.329 e. The first-order valence-electron chi connectivity index (χ1n) is 13.6. The predicted octanol–water partition coefficient (Wildman–Crippen LogP) is 5.47. The molecule has 0 aliphatic heterocycles. The second-order valence-electron chi connectivity index (χ2n) is 9.56. The highest BCUT2D eigenvalue weighted by Crippen LogP contribution is 2.29. The van der Waals surface area contributed by atoms with Gasteiger partial charge in [-0.15, -0.1) is 0 Å². The molecule has 3 aromatic carbocycles. The van der Waals surface area contributed by atoms with Crippen LogP contribution in [0.15, 0.2) is 71.8 Å². The number of nitrogens with zero attached hydrogens (tertiary/aromatic N) is 1. The maximum atomic E-state index is 12.8. The summed E-state index contributed by atoms with van der Waals surface area (Å²) < 4.78 is 11.6. The Hall–Kier alpha value is -4.37. The molecule has 1 saturated carbocycles. The molecular weight excluding hydrogens is 544 g/mol. The Morgan fingerprint density at radius 2 is 1.68 bits per heavy atom. The van der Waals surface area contributed by atoms with Crippen molar-refractivity contribution in [2.75, 3.05) is 11.9 Å². The lowest BCUT2D eigenvalue weighted by Crippen LogP contribution is -2.37. The van der Waals surface area contributed by atoms with E-state index in [9.17, 15) is 14.4 Å².